The number of rotatable bonds is 7. The number of benzene rings is 3. The Labute approximate surface area is 284 Å². The average Bonchev–Trinajstić information content (AvgIpc) is 3.05. The van der Waals surface area contributed by atoms with E-state index in [0.717, 1.165) is 30.0 Å². The molecule has 3 aromatic rings. The third kappa shape index (κ3) is 9.84. The van der Waals surface area contributed by atoms with Gasteiger partial charge in [-0.3, -0.25) is 4.79 Å². The van der Waals surface area contributed by atoms with Crippen LogP contribution < -0.4 is 20.7 Å². The molecule has 260 valence electrons. The van der Waals surface area contributed by atoms with Crippen molar-refractivity contribution < 1.29 is 29.0 Å². The number of ether oxygens (including phenoxy) is 2. The first-order chi connectivity index (χ1) is 23.0. The zero-order valence-electron chi connectivity index (χ0n) is 29.0. The molecule has 0 fully saturated rings. The van der Waals surface area contributed by atoms with E-state index in [1.54, 1.807) is 42.0 Å². The van der Waals surface area contributed by atoms with Gasteiger partial charge in [0.25, 0.3) is 5.91 Å². The number of aliphatic hydroxyl groups is 1. The number of hydrogen-bond donors (Lipinski definition) is 4. The number of hydrogen-bond acceptors (Lipinski definition) is 6. The second-order valence-electron chi connectivity index (χ2n) is 13.1. The fourth-order valence-corrected chi connectivity index (χ4v) is 5.79. The molecule has 5 amide bonds. The lowest BCUT2D eigenvalue weighted by Crippen LogP contribution is -2.49. The lowest BCUT2D eigenvalue weighted by atomic mass is 10.0. The lowest BCUT2D eigenvalue weighted by Gasteiger charge is -2.36. The van der Waals surface area contributed by atoms with Gasteiger partial charge in [-0.25, -0.2) is 9.59 Å². The van der Waals surface area contributed by atoms with Crippen LogP contribution in [0, 0.1) is 5.92 Å². The van der Waals surface area contributed by atoms with Gasteiger partial charge >= 0.3 is 12.1 Å². The van der Waals surface area contributed by atoms with Gasteiger partial charge in [0.15, 0.2) is 0 Å². The summed E-state index contributed by atoms with van der Waals surface area (Å²) in [5, 5.41) is 20.9. The Balaban J connectivity index is 1.61. The number of urea groups is 2. The Morgan fingerprint density at radius 1 is 1.02 bits per heavy atom. The van der Waals surface area contributed by atoms with Gasteiger partial charge in [-0.2, -0.15) is 0 Å². The van der Waals surface area contributed by atoms with Crippen molar-refractivity contribution in [2.75, 3.05) is 44.0 Å². The summed E-state index contributed by atoms with van der Waals surface area (Å²) >= 11 is 0. The molecule has 11 heteroatoms. The average molecular weight is 662 g/mol. The standard InChI is InChI=1S/C37H51N5O6/c1-24(2)38-37(46)41(6)22-34-25(3)21-42(26(4)23-43)35(44)31-20-29(17-18-33(31)48-27(5)12-9-10-19-47-34)39-36(45)40-32-16-11-14-28-13-7-8-15-30(28)32/h7-8,11,13-18,20,24-27,34,43H,9-10,12,19,21-23H2,1-6H3,(H,38,46)(H2,39,40,45)/t25-,26+,27+,34+/m0/s1. The Bertz CT molecular complexity index is 1540. The van der Waals surface area contributed by atoms with E-state index in [4.69, 9.17) is 9.47 Å². The maximum Gasteiger partial charge on any atom is 0.323 e. The first-order valence-corrected chi connectivity index (χ1v) is 16.9. The van der Waals surface area contributed by atoms with Crippen LogP contribution in [0.4, 0.5) is 21.0 Å². The van der Waals surface area contributed by atoms with Crippen molar-refractivity contribution in [2.45, 2.75) is 78.2 Å². The minimum absolute atomic E-state index is 0.00578. The molecule has 0 radical (unpaired) electrons. The van der Waals surface area contributed by atoms with Gasteiger partial charge in [0.2, 0.25) is 0 Å². The predicted octanol–water partition coefficient (Wildman–Crippen LogP) is 6.33. The second kappa shape index (κ2) is 17.2. The van der Waals surface area contributed by atoms with E-state index in [0.29, 0.717) is 30.3 Å². The highest BCUT2D eigenvalue weighted by Crippen LogP contribution is 2.29. The molecule has 1 aliphatic rings. The van der Waals surface area contributed by atoms with Crippen molar-refractivity contribution in [1.82, 2.24) is 15.1 Å². The van der Waals surface area contributed by atoms with E-state index >= 15 is 0 Å². The lowest BCUT2D eigenvalue weighted by molar-refractivity contribution is -0.0122. The normalized spacial score (nSPS) is 19.9. The van der Waals surface area contributed by atoms with E-state index in [-0.39, 0.29) is 54.8 Å². The molecule has 0 spiro atoms. The summed E-state index contributed by atoms with van der Waals surface area (Å²) in [6.45, 7) is 10.4. The number of carbonyl (C=O) groups excluding carboxylic acids is 3. The zero-order chi connectivity index (χ0) is 34.8. The van der Waals surface area contributed by atoms with Crippen molar-refractivity contribution in [3.8, 4) is 5.75 Å². The Morgan fingerprint density at radius 2 is 1.77 bits per heavy atom. The van der Waals surface area contributed by atoms with Crippen molar-refractivity contribution in [2.24, 2.45) is 5.92 Å². The van der Waals surface area contributed by atoms with Gasteiger partial charge in [0, 0.05) is 49.8 Å². The van der Waals surface area contributed by atoms with Gasteiger partial charge in [-0.1, -0.05) is 43.3 Å². The van der Waals surface area contributed by atoms with E-state index in [9.17, 15) is 19.5 Å². The molecule has 1 aliphatic heterocycles. The van der Waals surface area contributed by atoms with Crippen LogP contribution in [-0.4, -0.2) is 90.5 Å². The number of likely N-dealkylation sites (N-methyl/N-ethyl adjacent to an activating group) is 1. The third-order valence-corrected chi connectivity index (χ3v) is 8.56. The molecule has 0 bridgehead atoms. The van der Waals surface area contributed by atoms with Crippen LogP contribution in [0.15, 0.2) is 60.7 Å². The summed E-state index contributed by atoms with van der Waals surface area (Å²) in [5.41, 5.74) is 1.36. The number of nitrogens with one attached hydrogen (secondary N) is 3. The molecule has 11 nitrogen and oxygen atoms in total. The number of carbonyl (C=O) groups is 3. The largest absolute Gasteiger partial charge is 0.490 e. The summed E-state index contributed by atoms with van der Waals surface area (Å²) in [6, 6.07) is 17.4. The monoisotopic (exact) mass is 661 g/mol. The van der Waals surface area contributed by atoms with Crippen LogP contribution in [0.25, 0.3) is 10.8 Å². The van der Waals surface area contributed by atoms with Crippen LogP contribution >= 0.6 is 0 Å². The Kier molecular flexibility index (Phi) is 13.0. The molecule has 0 saturated heterocycles. The van der Waals surface area contributed by atoms with Gasteiger partial charge in [0.1, 0.15) is 5.75 Å². The molecule has 1 heterocycles. The SMILES string of the molecule is CC(C)NC(=O)N(C)C[C@H]1OCCCC[C@@H](C)Oc2ccc(NC(=O)Nc3cccc4ccccc34)cc2C(=O)N([C@H](C)CO)C[C@@H]1C. The molecule has 0 aliphatic carbocycles. The van der Waals surface area contributed by atoms with Crippen LogP contribution in [0.5, 0.6) is 5.75 Å². The van der Waals surface area contributed by atoms with Crippen LogP contribution in [0.3, 0.4) is 0 Å². The molecule has 4 N–H and O–H groups in total. The van der Waals surface area contributed by atoms with Crippen molar-refractivity contribution in [3.05, 3.63) is 66.2 Å². The van der Waals surface area contributed by atoms with Crippen LogP contribution in [-0.2, 0) is 4.74 Å². The quantitative estimate of drug-likeness (QED) is 0.234. The van der Waals surface area contributed by atoms with Gasteiger partial charge < -0.3 is 40.3 Å². The van der Waals surface area contributed by atoms with Gasteiger partial charge in [-0.05, 0) is 76.6 Å². The maximum atomic E-state index is 14.4. The summed E-state index contributed by atoms with van der Waals surface area (Å²) in [7, 11) is 1.73. The summed E-state index contributed by atoms with van der Waals surface area (Å²) in [5.74, 6) is -0.119. The minimum atomic E-state index is -0.521. The maximum absolute atomic E-state index is 14.4. The highest BCUT2D eigenvalue weighted by molar-refractivity contribution is 6.07. The van der Waals surface area contributed by atoms with Crippen LogP contribution in [0.2, 0.25) is 0 Å². The first kappa shape index (κ1) is 36.5. The topological polar surface area (TPSA) is 132 Å². The van der Waals surface area contributed by atoms with E-state index < -0.39 is 12.1 Å². The molecule has 4 atom stereocenters. The second-order valence-corrected chi connectivity index (χ2v) is 13.1. The first-order valence-electron chi connectivity index (χ1n) is 16.9. The van der Waals surface area contributed by atoms with E-state index in [2.05, 4.69) is 16.0 Å². The molecule has 0 unspecified atom stereocenters. The number of aliphatic hydroxyl groups excluding tert-OH is 1. The van der Waals surface area contributed by atoms with E-state index in [1.807, 2.05) is 70.2 Å². The molecular formula is C37H51N5O6. The summed E-state index contributed by atoms with van der Waals surface area (Å²) in [4.78, 5) is 43.5. The Morgan fingerprint density at radius 3 is 2.52 bits per heavy atom. The molecule has 0 aromatic heterocycles. The van der Waals surface area contributed by atoms with Crippen molar-refractivity contribution >= 4 is 40.1 Å². The minimum Gasteiger partial charge on any atom is -0.490 e. The van der Waals surface area contributed by atoms with Crippen molar-refractivity contribution in [3.63, 3.8) is 0 Å². The third-order valence-electron chi connectivity index (χ3n) is 8.56. The number of fused-ring (bicyclic) bond motifs is 2. The van der Waals surface area contributed by atoms with Crippen LogP contribution in [0.1, 0.15) is 64.2 Å². The molecule has 0 saturated carbocycles. The highest BCUT2D eigenvalue weighted by atomic mass is 16.5. The smallest absolute Gasteiger partial charge is 0.323 e. The predicted molar refractivity (Wildman–Crippen MR) is 190 cm³/mol. The summed E-state index contributed by atoms with van der Waals surface area (Å²) in [6.07, 6.45) is 1.89. The number of amides is 5. The fraction of sp³-hybridized carbons (Fsp3) is 0.486. The van der Waals surface area contributed by atoms with Gasteiger partial charge in [-0.15, -0.1) is 0 Å². The van der Waals surface area contributed by atoms with Crippen molar-refractivity contribution in [1.29, 1.82) is 0 Å². The Hall–Kier alpha value is -4.35. The number of anilines is 2. The highest BCUT2D eigenvalue weighted by Gasteiger charge is 2.31. The number of nitrogens with zero attached hydrogens (tertiary/aromatic N) is 2. The molecular weight excluding hydrogens is 610 g/mol. The molecule has 48 heavy (non-hydrogen) atoms. The fourth-order valence-electron chi connectivity index (χ4n) is 5.79. The molecule has 3 aromatic carbocycles. The van der Waals surface area contributed by atoms with Gasteiger partial charge in [0.05, 0.1) is 36.1 Å². The van der Waals surface area contributed by atoms with E-state index in [1.165, 1.54) is 0 Å². The molecule has 4 rings (SSSR count). The summed E-state index contributed by atoms with van der Waals surface area (Å²) < 4.78 is 12.7. The zero-order valence-corrected chi connectivity index (χ0v) is 29.0.